The van der Waals surface area contributed by atoms with Crippen LogP contribution in [0.25, 0.3) is 16.6 Å². The third-order valence-corrected chi connectivity index (χ3v) is 5.84. The van der Waals surface area contributed by atoms with Crippen molar-refractivity contribution in [2.24, 2.45) is 0 Å². The molecule has 2 aromatic heterocycles. The summed E-state index contributed by atoms with van der Waals surface area (Å²) >= 11 is 1.38. The third kappa shape index (κ3) is 3.45. The zero-order chi connectivity index (χ0) is 20.7. The number of hydrogen-bond acceptors (Lipinski definition) is 5. The number of carbonyl (C=O) groups is 1. The molecule has 6 nitrogen and oxygen atoms in total. The van der Waals surface area contributed by atoms with Crippen molar-refractivity contribution in [2.45, 2.75) is 27.7 Å². The third-order valence-electron chi connectivity index (χ3n) is 4.77. The predicted octanol–water partition coefficient (Wildman–Crippen LogP) is 4.33. The highest BCUT2D eigenvalue weighted by atomic mass is 32.1. The Hall–Kier alpha value is -3.32. The Morgan fingerprint density at radius 2 is 1.79 bits per heavy atom. The number of nitrogens with zero attached hydrogens (tertiary/aromatic N) is 3. The van der Waals surface area contributed by atoms with Crippen molar-refractivity contribution in [3.8, 4) is 5.69 Å². The number of nitrogens with one attached hydrogen (secondary N) is 1. The molecule has 7 heteroatoms. The number of benzene rings is 2. The van der Waals surface area contributed by atoms with Crippen LogP contribution in [0.4, 0.5) is 5.69 Å². The van der Waals surface area contributed by atoms with Crippen LogP contribution >= 0.6 is 11.3 Å². The fourth-order valence-electron chi connectivity index (χ4n) is 3.40. The summed E-state index contributed by atoms with van der Waals surface area (Å²) in [6.07, 6.45) is 0. The SMILES string of the molecule is Cc1nc(C)c(C(=O)Nc2ccc(-n3c(C)nc4ccccc4c3=O)cc2C)s1. The van der Waals surface area contributed by atoms with Crippen molar-refractivity contribution in [3.63, 3.8) is 0 Å². The first-order valence-electron chi connectivity index (χ1n) is 9.20. The lowest BCUT2D eigenvalue weighted by atomic mass is 10.1. The van der Waals surface area contributed by atoms with Crippen LogP contribution in [0.2, 0.25) is 0 Å². The summed E-state index contributed by atoms with van der Waals surface area (Å²) in [5, 5.41) is 4.38. The molecular weight excluding hydrogens is 384 g/mol. The van der Waals surface area contributed by atoms with E-state index in [0.717, 1.165) is 16.3 Å². The van der Waals surface area contributed by atoms with Crippen molar-refractivity contribution in [1.29, 1.82) is 0 Å². The lowest BCUT2D eigenvalue weighted by Gasteiger charge is -2.14. The van der Waals surface area contributed by atoms with E-state index in [2.05, 4.69) is 15.3 Å². The number of rotatable bonds is 3. The van der Waals surface area contributed by atoms with Gasteiger partial charge in [-0.1, -0.05) is 12.1 Å². The predicted molar refractivity (Wildman–Crippen MR) is 116 cm³/mol. The van der Waals surface area contributed by atoms with Gasteiger partial charge in [0.1, 0.15) is 10.7 Å². The van der Waals surface area contributed by atoms with Gasteiger partial charge in [-0.15, -0.1) is 11.3 Å². The second-order valence-electron chi connectivity index (χ2n) is 6.92. The van der Waals surface area contributed by atoms with Gasteiger partial charge in [-0.25, -0.2) is 9.97 Å². The normalized spacial score (nSPS) is 11.0. The molecule has 4 rings (SSSR count). The number of aryl methyl sites for hydroxylation is 4. The largest absolute Gasteiger partial charge is 0.321 e. The summed E-state index contributed by atoms with van der Waals surface area (Å²) in [5.41, 5.74) is 3.56. The van der Waals surface area contributed by atoms with Gasteiger partial charge in [0.25, 0.3) is 11.5 Å². The minimum absolute atomic E-state index is 0.111. The monoisotopic (exact) mass is 404 g/mol. The van der Waals surface area contributed by atoms with E-state index in [0.29, 0.717) is 33.0 Å². The van der Waals surface area contributed by atoms with Gasteiger partial charge >= 0.3 is 0 Å². The smallest absolute Gasteiger partial charge is 0.267 e. The molecule has 1 amide bonds. The molecule has 2 aromatic carbocycles. The van der Waals surface area contributed by atoms with Crippen molar-refractivity contribution < 1.29 is 4.79 Å². The Balaban J connectivity index is 1.71. The van der Waals surface area contributed by atoms with Gasteiger partial charge in [0.15, 0.2) is 0 Å². The quantitative estimate of drug-likeness (QED) is 0.551. The van der Waals surface area contributed by atoms with E-state index < -0.39 is 0 Å². The van der Waals surface area contributed by atoms with Crippen LogP contribution in [-0.2, 0) is 0 Å². The molecule has 0 spiro atoms. The van der Waals surface area contributed by atoms with E-state index in [4.69, 9.17) is 0 Å². The minimum atomic E-state index is -0.176. The van der Waals surface area contributed by atoms with Gasteiger partial charge in [-0.05, 0) is 63.6 Å². The average molecular weight is 404 g/mol. The summed E-state index contributed by atoms with van der Waals surface area (Å²) < 4.78 is 1.59. The maximum absolute atomic E-state index is 13.0. The van der Waals surface area contributed by atoms with Gasteiger partial charge in [-0.2, -0.15) is 0 Å². The number of aromatic nitrogens is 3. The maximum Gasteiger partial charge on any atom is 0.267 e. The van der Waals surface area contributed by atoms with Crippen LogP contribution in [0.1, 0.15) is 31.8 Å². The summed E-state index contributed by atoms with van der Waals surface area (Å²) in [5.74, 6) is 0.435. The Morgan fingerprint density at radius 1 is 1.03 bits per heavy atom. The Morgan fingerprint density at radius 3 is 2.48 bits per heavy atom. The summed E-state index contributed by atoms with van der Waals surface area (Å²) in [6, 6.07) is 12.8. The van der Waals surface area contributed by atoms with Gasteiger partial charge in [0, 0.05) is 5.69 Å². The van der Waals surface area contributed by atoms with Crippen molar-refractivity contribution in [3.05, 3.63) is 79.8 Å². The summed E-state index contributed by atoms with van der Waals surface area (Å²) in [4.78, 5) is 35.1. The Bertz CT molecular complexity index is 1320. The molecule has 0 fully saturated rings. The Kier molecular flexibility index (Phi) is 4.76. The number of anilines is 1. The highest BCUT2D eigenvalue weighted by Crippen LogP contribution is 2.23. The Labute approximate surface area is 171 Å². The number of amides is 1. The lowest BCUT2D eigenvalue weighted by Crippen LogP contribution is -2.22. The molecule has 0 radical (unpaired) electrons. The molecule has 0 saturated heterocycles. The van der Waals surface area contributed by atoms with E-state index in [1.807, 2.05) is 64.1 Å². The molecular formula is C22H20N4O2S. The molecule has 0 atom stereocenters. The molecule has 0 aliphatic rings. The molecule has 4 aromatic rings. The molecule has 0 unspecified atom stereocenters. The first-order valence-corrected chi connectivity index (χ1v) is 10.0. The molecule has 1 N–H and O–H groups in total. The molecule has 0 bridgehead atoms. The average Bonchev–Trinajstić information content (AvgIpc) is 3.02. The van der Waals surface area contributed by atoms with Crippen molar-refractivity contribution in [2.75, 3.05) is 5.32 Å². The van der Waals surface area contributed by atoms with E-state index >= 15 is 0 Å². The van der Waals surface area contributed by atoms with E-state index in [9.17, 15) is 9.59 Å². The molecule has 146 valence electrons. The van der Waals surface area contributed by atoms with E-state index in [1.165, 1.54) is 11.3 Å². The van der Waals surface area contributed by atoms with Gasteiger partial charge in [0.2, 0.25) is 0 Å². The van der Waals surface area contributed by atoms with Gasteiger partial charge in [-0.3, -0.25) is 14.2 Å². The standard InChI is InChI=1S/C22H20N4O2S/c1-12-11-16(26-14(3)24-19-8-6-5-7-17(19)22(26)28)9-10-18(12)25-21(27)20-13(2)23-15(4)29-20/h5-11H,1-4H3,(H,25,27). The molecule has 0 aliphatic carbocycles. The van der Waals surface area contributed by atoms with E-state index in [-0.39, 0.29) is 11.5 Å². The zero-order valence-corrected chi connectivity index (χ0v) is 17.4. The number of para-hydroxylation sites is 1. The van der Waals surface area contributed by atoms with Gasteiger partial charge in [0.05, 0.1) is 27.3 Å². The fourth-order valence-corrected chi connectivity index (χ4v) is 4.21. The lowest BCUT2D eigenvalue weighted by molar-refractivity contribution is 0.102. The van der Waals surface area contributed by atoms with Crippen LogP contribution in [-0.4, -0.2) is 20.4 Å². The van der Waals surface area contributed by atoms with E-state index in [1.54, 1.807) is 10.6 Å². The molecule has 2 heterocycles. The zero-order valence-electron chi connectivity index (χ0n) is 16.6. The van der Waals surface area contributed by atoms with Crippen molar-refractivity contribution >= 4 is 33.8 Å². The highest BCUT2D eigenvalue weighted by Gasteiger charge is 2.16. The second-order valence-corrected chi connectivity index (χ2v) is 8.12. The molecule has 0 aliphatic heterocycles. The highest BCUT2D eigenvalue weighted by molar-refractivity contribution is 7.13. The van der Waals surface area contributed by atoms with Crippen LogP contribution < -0.4 is 10.9 Å². The number of fused-ring (bicyclic) bond motifs is 1. The minimum Gasteiger partial charge on any atom is -0.321 e. The molecule has 0 saturated carbocycles. The maximum atomic E-state index is 13.0. The van der Waals surface area contributed by atoms with Crippen LogP contribution in [0, 0.1) is 27.7 Å². The first-order chi connectivity index (χ1) is 13.8. The van der Waals surface area contributed by atoms with Crippen LogP contribution in [0.15, 0.2) is 47.3 Å². The summed E-state index contributed by atoms with van der Waals surface area (Å²) in [6.45, 7) is 7.43. The summed E-state index contributed by atoms with van der Waals surface area (Å²) in [7, 11) is 0. The van der Waals surface area contributed by atoms with Crippen LogP contribution in [0.3, 0.4) is 0 Å². The second kappa shape index (κ2) is 7.25. The molecule has 29 heavy (non-hydrogen) atoms. The number of carbonyl (C=O) groups excluding carboxylic acids is 1. The number of thiazole rings is 1. The number of hydrogen-bond donors (Lipinski definition) is 1. The van der Waals surface area contributed by atoms with Crippen molar-refractivity contribution in [1.82, 2.24) is 14.5 Å². The van der Waals surface area contributed by atoms with Gasteiger partial charge < -0.3 is 5.32 Å². The first kappa shape index (κ1) is 19.0. The van der Waals surface area contributed by atoms with Crippen LogP contribution in [0.5, 0.6) is 0 Å². The fraction of sp³-hybridized carbons (Fsp3) is 0.182. The topological polar surface area (TPSA) is 76.9 Å².